The Kier molecular flexibility index (Phi) is 6.61. The van der Waals surface area contributed by atoms with Crippen LogP contribution < -0.4 is 0 Å². The molecule has 31 heavy (non-hydrogen) atoms. The van der Waals surface area contributed by atoms with E-state index in [0.717, 1.165) is 5.56 Å². The molecule has 0 bridgehead atoms. The Morgan fingerprint density at radius 1 is 1.13 bits per heavy atom. The van der Waals surface area contributed by atoms with Crippen molar-refractivity contribution in [1.82, 2.24) is 14.8 Å². The van der Waals surface area contributed by atoms with E-state index in [1.165, 1.54) is 24.8 Å². The lowest BCUT2D eigenvalue weighted by Gasteiger charge is -2.18. The maximum atomic E-state index is 12.6. The SMILES string of the molecule is Cc1ccc(S(=O)(=O)OCC2OC(Cn3cncn3)OC2c2ccc(Cl)cc2Cl)cc1. The zero-order valence-corrected chi connectivity index (χ0v) is 18.7. The van der Waals surface area contributed by atoms with Crippen LogP contribution in [0.1, 0.15) is 17.2 Å². The molecule has 164 valence electrons. The number of ether oxygens (including phenoxy) is 2. The highest BCUT2D eigenvalue weighted by molar-refractivity contribution is 7.86. The summed E-state index contributed by atoms with van der Waals surface area (Å²) >= 11 is 12.4. The van der Waals surface area contributed by atoms with Crippen LogP contribution >= 0.6 is 23.2 Å². The summed E-state index contributed by atoms with van der Waals surface area (Å²) in [6, 6.07) is 11.4. The maximum absolute atomic E-state index is 12.6. The van der Waals surface area contributed by atoms with Crippen LogP contribution in [0.15, 0.2) is 60.0 Å². The van der Waals surface area contributed by atoms with Gasteiger partial charge in [0.15, 0.2) is 6.29 Å². The molecule has 1 fully saturated rings. The fourth-order valence-corrected chi connectivity index (χ4v) is 4.61. The first-order chi connectivity index (χ1) is 14.8. The van der Waals surface area contributed by atoms with Crippen molar-refractivity contribution in [2.75, 3.05) is 6.61 Å². The third-order valence-electron chi connectivity index (χ3n) is 4.73. The van der Waals surface area contributed by atoms with Crippen molar-refractivity contribution < 1.29 is 22.1 Å². The lowest BCUT2D eigenvalue weighted by atomic mass is 10.1. The van der Waals surface area contributed by atoms with Crippen molar-refractivity contribution >= 4 is 33.3 Å². The molecule has 8 nitrogen and oxygen atoms in total. The molecule has 3 unspecified atom stereocenters. The zero-order valence-electron chi connectivity index (χ0n) is 16.4. The van der Waals surface area contributed by atoms with E-state index in [0.29, 0.717) is 15.6 Å². The van der Waals surface area contributed by atoms with Crippen LogP contribution in [0.2, 0.25) is 10.0 Å². The summed E-state index contributed by atoms with van der Waals surface area (Å²) < 4.78 is 44.0. The number of benzene rings is 2. The van der Waals surface area contributed by atoms with E-state index in [2.05, 4.69) is 10.1 Å². The van der Waals surface area contributed by atoms with Crippen molar-refractivity contribution in [3.05, 3.63) is 76.3 Å². The monoisotopic (exact) mass is 483 g/mol. The number of rotatable bonds is 7. The summed E-state index contributed by atoms with van der Waals surface area (Å²) in [5.41, 5.74) is 1.56. The molecule has 0 aliphatic carbocycles. The first-order valence-corrected chi connectivity index (χ1v) is 11.5. The molecule has 1 aromatic heterocycles. The van der Waals surface area contributed by atoms with Gasteiger partial charge in [-0.25, -0.2) is 9.67 Å². The number of hydrogen-bond donors (Lipinski definition) is 0. The van der Waals surface area contributed by atoms with E-state index in [-0.39, 0.29) is 18.0 Å². The topological polar surface area (TPSA) is 92.5 Å². The molecule has 11 heteroatoms. The average molecular weight is 484 g/mol. The van der Waals surface area contributed by atoms with Gasteiger partial charge in [0.25, 0.3) is 10.1 Å². The molecule has 2 heterocycles. The van der Waals surface area contributed by atoms with Crippen molar-refractivity contribution in [2.45, 2.75) is 36.9 Å². The van der Waals surface area contributed by atoms with Gasteiger partial charge in [0.1, 0.15) is 24.9 Å². The van der Waals surface area contributed by atoms with E-state index in [1.807, 2.05) is 6.92 Å². The molecule has 0 saturated carbocycles. The van der Waals surface area contributed by atoms with Crippen LogP contribution in [0.3, 0.4) is 0 Å². The minimum atomic E-state index is -3.97. The fourth-order valence-electron chi connectivity index (χ4n) is 3.18. The summed E-state index contributed by atoms with van der Waals surface area (Å²) in [6.45, 7) is 1.88. The van der Waals surface area contributed by atoms with Crippen molar-refractivity contribution in [3.8, 4) is 0 Å². The normalized spacial score (nSPS) is 21.5. The van der Waals surface area contributed by atoms with Gasteiger partial charge in [-0.2, -0.15) is 13.5 Å². The number of aromatic nitrogens is 3. The summed E-state index contributed by atoms with van der Waals surface area (Å²) in [7, 11) is -3.97. The van der Waals surface area contributed by atoms with Crippen LogP contribution in [-0.4, -0.2) is 42.2 Å². The number of aryl methyl sites for hydroxylation is 1. The molecule has 4 rings (SSSR count). The first-order valence-electron chi connectivity index (χ1n) is 9.36. The lowest BCUT2D eigenvalue weighted by molar-refractivity contribution is -0.0810. The summed E-state index contributed by atoms with van der Waals surface area (Å²) in [4.78, 5) is 3.96. The minimum absolute atomic E-state index is 0.0669. The van der Waals surface area contributed by atoms with Crippen molar-refractivity contribution in [1.29, 1.82) is 0 Å². The molecule has 0 spiro atoms. The van der Waals surface area contributed by atoms with E-state index >= 15 is 0 Å². The standard InChI is InChI=1S/C20H19Cl2N3O5S/c1-13-2-5-15(6-3-13)31(26,27)28-10-18-20(16-7-4-14(21)8-17(16)22)30-19(29-18)9-25-12-23-11-24-25/h2-8,11-12,18-20H,9-10H2,1H3. The predicted octanol–water partition coefficient (Wildman–Crippen LogP) is 3.78. The predicted molar refractivity (Wildman–Crippen MR) is 113 cm³/mol. The molecule has 2 aromatic carbocycles. The molecule has 0 N–H and O–H groups in total. The van der Waals surface area contributed by atoms with Gasteiger partial charge in [-0.1, -0.05) is 47.0 Å². The molecule has 1 saturated heterocycles. The molecule has 0 radical (unpaired) electrons. The van der Waals surface area contributed by atoms with Crippen LogP contribution in [0.25, 0.3) is 0 Å². The number of nitrogens with zero attached hydrogens (tertiary/aromatic N) is 3. The second kappa shape index (κ2) is 9.23. The van der Waals surface area contributed by atoms with Crippen molar-refractivity contribution in [3.63, 3.8) is 0 Å². The minimum Gasteiger partial charge on any atom is -0.342 e. The highest BCUT2D eigenvalue weighted by atomic mass is 35.5. The lowest BCUT2D eigenvalue weighted by Crippen LogP contribution is -2.25. The summed E-state index contributed by atoms with van der Waals surface area (Å²) in [6.07, 6.45) is 0.841. The number of hydrogen-bond acceptors (Lipinski definition) is 7. The van der Waals surface area contributed by atoms with Gasteiger partial charge in [-0.3, -0.25) is 4.18 Å². The molecule has 1 aliphatic heterocycles. The van der Waals surface area contributed by atoms with Crippen molar-refractivity contribution in [2.24, 2.45) is 0 Å². The smallest absolute Gasteiger partial charge is 0.297 e. The highest BCUT2D eigenvalue weighted by Gasteiger charge is 2.39. The zero-order chi connectivity index (χ0) is 22.0. The van der Waals surface area contributed by atoms with E-state index in [4.69, 9.17) is 36.9 Å². The van der Waals surface area contributed by atoms with Gasteiger partial charge in [0.2, 0.25) is 0 Å². The Labute approximate surface area is 189 Å². The average Bonchev–Trinajstić information content (AvgIpc) is 3.37. The maximum Gasteiger partial charge on any atom is 0.297 e. The molecule has 0 amide bonds. The number of halogens is 2. The Bertz CT molecular complexity index is 1140. The Hall–Kier alpha value is -2.01. The molecule has 3 atom stereocenters. The summed E-state index contributed by atoms with van der Waals surface area (Å²) in [5, 5.41) is 4.90. The van der Waals surface area contributed by atoms with Crippen LogP contribution in [0.4, 0.5) is 0 Å². The van der Waals surface area contributed by atoms with Gasteiger partial charge >= 0.3 is 0 Å². The van der Waals surface area contributed by atoms with Crippen LogP contribution in [0, 0.1) is 6.92 Å². The highest BCUT2D eigenvalue weighted by Crippen LogP contribution is 2.38. The molecular formula is C20H19Cl2N3O5S. The van der Waals surface area contributed by atoms with Crippen LogP contribution in [0.5, 0.6) is 0 Å². The molecular weight excluding hydrogens is 465 g/mol. The van der Waals surface area contributed by atoms with Gasteiger partial charge in [0.05, 0.1) is 18.0 Å². The van der Waals surface area contributed by atoms with E-state index in [9.17, 15) is 8.42 Å². The van der Waals surface area contributed by atoms with E-state index < -0.39 is 28.6 Å². The third-order valence-corrected chi connectivity index (χ3v) is 6.59. The Balaban J connectivity index is 1.54. The van der Waals surface area contributed by atoms with Gasteiger partial charge < -0.3 is 9.47 Å². The summed E-state index contributed by atoms with van der Waals surface area (Å²) in [5.74, 6) is 0. The molecule has 1 aliphatic rings. The largest absolute Gasteiger partial charge is 0.342 e. The van der Waals surface area contributed by atoms with Gasteiger partial charge in [0, 0.05) is 15.6 Å². The second-order valence-corrected chi connectivity index (χ2v) is 9.45. The Morgan fingerprint density at radius 3 is 2.58 bits per heavy atom. The first kappa shape index (κ1) is 22.2. The fraction of sp³-hybridized carbons (Fsp3) is 0.300. The second-order valence-electron chi connectivity index (χ2n) is 7.00. The van der Waals surface area contributed by atoms with Crippen LogP contribution in [-0.2, 0) is 30.3 Å². The quantitative estimate of drug-likeness (QED) is 0.472. The van der Waals surface area contributed by atoms with Gasteiger partial charge in [-0.15, -0.1) is 0 Å². The van der Waals surface area contributed by atoms with Gasteiger partial charge in [-0.05, 0) is 31.2 Å². The van der Waals surface area contributed by atoms with E-state index in [1.54, 1.807) is 35.0 Å². The third kappa shape index (κ3) is 5.25. The Morgan fingerprint density at radius 2 is 1.90 bits per heavy atom. The molecule has 3 aromatic rings.